The molecule has 128 valence electrons. The lowest BCUT2D eigenvalue weighted by Crippen LogP contribution is -2.28. The van der Waals surface area contributed by atoms with Gasteiger partial charge in [0.2, 0.25) is 0 Å². The summed E-state index contributed by atoms with van der Waals surface area (Å²) in [6.45, 7) is 6.18. The van der Waals surface area contributed by atoms with Crippen LogP contribution in [0.15, 0.2) is 48.5 Å². The Labute approximate surface area is 143 Å². The predicted molar refractivity (Wildman–Crippen MR) is 95.2 cm³/mol. The first kappa shape index (κ1) is 17.8. The number of benzene rings is 2. The van der Waals surface area contributed by atoms with Crippen molar-refractivity contribution in [2.75, 3.05) is 18.5 Å². The molecule has 0 radical (unpaired) electrons. The fourth-order valence-corrected chi connectivity index (χ4v) is 2.23. The maximum atomic E-state index is 12.0. The number of rotatable bonds is 8. The van der Waals surface area contributed by atoms with Gasteiger partial charge in [-0.05, 0) is 49.2 Å². The zero-order valence-electron chi connectivity index (χ0n) is 14.2. The van der Waals surface area contributed by atoms with Crippen LogP contribution in [0, 0.1) is 0 Å². The van der Waals surface area contributed by atoms with Gasteiger partial charge in [-0.25, -0.2) is 4.79 Å². The summed E-state index contributed by atoms with van der Waals surface area (Å²) in [7, 11) is 0. The molecule has 0 aromatic heterocycles. The Bertz CT molecular complexity index is 641. The van der Waals surface area contributed by atoms with Gasteiger partial charge in [-0.1, -0.05) is 24.3 Å². The lowest BCUT2D eigenvalue weighted by atomic mass is 10.1. The Morgan fingerprint density at radius 3 is 2.33 bits per heavy atom. The first-order valence-corrected chi connectivity index (χ1v) is 8.15. The molecule has 0 saturated heterocycles. The molecule has 24 heavy (non-hydrogen) atoms. The molecular formula is C19H24N2O3. The van der Waals surface area contributed by atoms with Gasteiger partial charge in [-0.15, -0.1) is 0 Å². The second kappa shape index (κ2) is 9.57. The predicted octanol–water partition coefficient (Wildman–Crippen LogP) is 3.94. The molecule has 0 aliphatic heterocycles. The van der Waals surface area contributed by atoms with Crippen molar-refractivity contribution in [3.63, 3.8) is 0 Å². The van der Waals surface area contributed by atoms with Crippen LogP contribution in [0.1, 0.15) is 25.0 Å². The first-order chi connectivity index (χ1) is 11.7. The minimum Gasteiger partial charge on any atom is -0.494 e. The summed E-state index contributed by atoms with van der Waals surface area (Å²) < 4.78 is 10.8. The Balaban J connectivity index is 1.87. The van der Waals surface area contributed by atoms with Crippen molar-refractivity contribution in [1.29, 1.82) is 0 Å². The number of nitrogens with one attached hydrogen (secondary N) is 2. The molecule has 0 heterocycles. The lowest BCUT2D eigenvalue weighted by molar-refractivity contribution is 0.133. The van der Waals surface area contributed by atoms with Gasteiger partial charge in [0, 0.05) is 18.8 Å². The number of anilines is 1. The molecular weight excluding hydrogens is 304 g/mol. The number of amides is 2. The van der Waals surface area contributed by atoms with Crippen LogP contribution in [0.2, 0.25) is 0 Å². The summed E-state index contributed by atoms with van der Waals surface area (Å²) in [5.74, 6) is 0.785. The maximum absolute atomic E-state index is 12.0. The summed E-state index contributed by atoms with van der Waals surface area (Å²) in [5.41, 5.74) is 2.85. The van der Waals surface area contributed by atoms with Gasteiger partial charge in [0.25, 0.3) is 0 Å². The zero-order chi connectivity index (χ0) is 17.2. The average molecular weight is 328 g/mol. The van der Waals surface area contributed by atoms with Crippen LogP contribution in [0.25, 0.3) is 0 Å². The molecule has 0 saturated carbocycles. The van der Waals surface area contributed by atoms with Crippen LogP contribution in [0.5, 0.6) is 5.75 Å². The van der Waals surface area contributed by atoms with E-state index in [2.05, 4.69) is 10.6 Å². The average Bonchev–Trinajstić information content (AvgIpc) is 2.61. The summed E-state index contributed by atoms with van der Waals surface area (Å²) in [6.07, 6.45) is 0. The topological polar surface area (TPSA) is 59.6 Å². The molecule has 2 rings (SSSR count). The molecule has 2 amide bonds. The van der Waals surface area contributed by atoms with Crippen LogP contribution in [0.4, 0.5) is 10.5 Å². The van der Waals surface area contributed by atoms with Crippen LogP contribution in [-0.2, 0) is 17.9 Å². The van der Waals surface area contributed by atoms with Crippen molar-refractivity contribution in [2.45, 2.75) is 27.0 Å². The van der Waals surface area contributed by atoms with Crippen molar-refractivity contribution in [3.8, 4) is 5.75 Å². The molecule has 0 bridgehead atoms. The first-order valence-electron chi connectivity index (χ1n) is 8.15. The Kier molecular flexibility index (Phi) is 7.11. The molecule has 0 aliphatic rings. The van der Waals surface area contributed by atoms with Gasteiger partial charge in [-0.2, -0.15) is 0 Å². The van der Waals surface area contributed by atoms with Crippen molar-refractivity contribution in [3.05, 3.63) is 59.7 Å². The normalized spacial score (nSPS) is 10.2. The quantitative estimate of drug-likeness (QED) is 0.771. The van der Waals surface area contributed by atoms with Gasteiger partial charge in [-0.3, -0.25) is 0 Å². The highest BCUT2D eigenvalue weighted by Gasteiger charge is 2.05. The van der Waals surface area contributed by atoms with E-state index >= 15 is 0 Å². The molecule has 0 aliphatic carbocycles. The third-order valence-corrected chi connectivity index (χ3v) is 3.44. The third-order valence-electron chi connectivity index (χ3n) is 3.44. The Hall–Kier alpha value is -2.53. The second-order valence-corrected chi connectivity index (χ2v) is 5.17. The van der Waals surface area contributed by atoms with Gasteiger partial charge >= 0.3 is 6.03 Å². The van der Waals surface area contributed by atoms with E-state index in [1.54, 1.807) is 0 Å². The van der Waals surface area contributed by atoms with Crippen molar-refractivity contribution >= 4 is 11.7 Å². The second-order valence-electron chi connectivity index (χ2n) is 5.17. The fourth-order valence-electron chi connectivity index (χ4n) is 2.23. The Morgan fingerprint density at radius 2 is 1.67 bits per heavy atom. The number of carbonyl (C=O) groups excluding carboxylic acids is 1. The zero-order valence-corrected chi connectivity index (χ0v) is 14.2. The number of hydrogen-bond acceptors (Lipinski definition) is 3. The Morgan fingerprint density at radius 1 is 0.958 bits per heavy atom. The van der Waals surface area contributed by atoms with Crippen LogP contribution < -0.4 is 15.4 Å². The van der Waals surface area contributed by atoms with E-state index in [1.807, 2.05) is 62.4 Å². The molecule has 0 fully saturated rings. The molecule has 0 spiro atoms. The highest BCUT2D eigenvalue weighted by molar-refractivity contribution is 5.89. The van der Waals surface area contributed by atoms with Gasteiger partial charge in [0.1, 0.15) is 5.75 Å². The van der Waals surface area contributed by atoms with Crippen molar-refractivity contribution < 1.29 is 14.3 Å². The number of carbonyl (C=O) groups is 1. The molecule has 0 unspecified atom stereocenters. The largest absolute Gasteiger partial charge is 0.494 e. The fraction of sp³-hybridized carbons (Fsp3) is 0.316. The lowest BCUT2D eigenvalue weighted by Gasteiger charge is -2.12. The summed E-state index contributed by atoms with van der Waals surface area (Å²) in [4.78, 5) is 12.0. The van der Waals surface area contributed by atoms with E-state index in [-0.39, 0.29) is 6.03 Å². The summed E-state index contributed by atoms with van der Waals surface area (Å²) in [6, 6.07) is 15.0. The maximum Gasteiger partial charge on any atom is 0.319 e. The van der Waals surface area contributed by atoms with Crippen molar-refractivity contribution in [2.24, 2.45) is 0 Å². The summed E-state index contributed by atoms with van der Waals surface area (Å²) in [5, 5.41) is 5.67. The van der Waals surface area contributed by atoms with Crippen LogP contribution >= 0.6 is 0 Å². The third kappa shape index (κ3) is 5.59. The smallest absolute Gasteiger partial charge is 0.319 e. The van der Waals surface area contributed by atoms with E-state index in [4.69, 9.17) is 9.47 Å². The minimum atomic E-state index is -0.245. The standard InChI is InChI=1S/C19H24N2O3/c1-3-23-14-16-8-6-5-7-15(16)13-20-19(22)21-17-9-11-18(12-10-17)24-4-2/h5-12H,3-4,13-14H2,1-2H3,(H2,20,21,22). The van der Waals surface area contributed by atoms with Crippen LogP contribution in [0.3, 0.4) is 0 Å². The van der Waals surface area contributed by atoms with Crippen LogP contribution in [-0.4, -0.2) is 19.2 Å². The van der Waals surface area contributed by atoms with Gasteiger partial charge < -0.3 is 20.1 Å². The molecule has 2 N–H and O–H groups in total. The molecule has 5 heteroatoms. The van der Waals surface area contributed by atoms with E-state index in [9.17, 15) is 4.79 Å². The van der Waals surface area contributed by atoms with Gasteiger partial charge in [0.15, 0.2) is 0 Å². The summed E-state index contributed by atoms with van der Waals surface area (Å²) >= 11 is 0. The molecule has 5 nitrogen and oxygen atoms in total. The van der Waals surface area contributed by atoms with Gasteiger partial charge in [0.05, 0.1) is 13.2 Å². The number of ether oxygens (including phenoxy) is 2. The SMILES string of the molecule is CCOCc1ccccc1CNC(=O)Nc1ccc(OCC)cc1. The van der Waals surface area contributed by atoms with E-state index in [0.29, 0.717) is 26.4 Å². The van der Waals surface area contributed by atoms with E-state index in [1.165, 1.54) is 0 Å². The van der Waals surface area contributed by atoms with Crippen molar-refractivity contribution in [1.82, 2.24) is 5.32 Å². The highest BCUT2D eigenvalue weighted by atomic mass is 16.5. The molecule has 2 aromatic rings. The monoisotopic (exact) mass is 328 g/mol. The molecule has 0 atom stereocenters. The number of hydrogen-bond donors (Lipinski definition) is 2. The molecule has 2 aromatic carbocycles. The highest BCUT2D eigenvalue weighted by Crippen LogP contribution is 2.15. The minimum absolute atomic E-state index is 0.245. The van der Waals surface area contributed by atoms with E-state index < -0.39 is 0 Å². The number of urea groups is 1. The van der Waals surface area contributed by atoms with E-state index in [0.717, 1.165) is 22.6 Å².